The van der Waals surface area contributed by atoms with Crippen LogP contribution >= 0.6 is 0 Å². The van der Waals surface area contributed by atoms with Crippen LogP contribution in [0.15, 0.2) is 79.0 Å². The number of fused-ring (bicyclic) bond motifs is 2. The summed E-state index contributed by atoms with van der Waals surface area (Å²) in [6.07, 6.45) is 4.88. The highest BCUT2D eigenvalue weighted by atomic mass is 16.2. The van der Waals surface area contributed by atoms with Crippen molar-refractivity contribution in [2.24, 2.45) is 0 Å². The maximum Gasteiger partial charge on any atom is 0.226 e. The number of amides is 2. The van der Waals surface area contributed by atoms with Crippen molar-refractivity contribution in [1.82, 2.24) is 4.90 Å². The molecular weight excluding hydrogens is 410 g/mol. The molecule has 166 valence electrons. The highest BCUT2D eigenvalue weighted by molar-refractivity contribution is 5.95. The molecule has 5 rings (SSSR count). The average Bonchev–Trinajstić information content (AvgIpc) is 2.84. The molecule has 3 aromatic rings. The van der Waals surface area contributed by atoms with Gasteiger partial charge in [-0.25, -0.2) is 0 Å². The Kier molecular flexibility index (Phi) is 5.69. The molecule has 0 saturated heterocycles. The fourth-order valence-corrected chi connectivity index (χ4v) is 4.85. The van der Waals surface area contributed by atoms with Gasteiger partial charge in [0.05, 0.1) is 23.8 Å². The van der Waals surface area contributed by atoms with Crippen molar-refractivity contribution < 1.29 is 9.59 Å². The smallest absolute Gasteiger partial charge is 0.226 e. The second-order valence-corrected chi connectivity index (χ2v) is 8.60. The van der Waals surface area contributed by atoms with E-state index in [0.29, 0.717) is 0 Å². The molecule has 1 unspecified atom stereocenters. The topological polar surface area (TPSA) is 52.7 Å². The van der Waals surface area contributed by atoms with E-state index < -0.39 is 0 Å². The van der Waals surface area contributed by atoms with Crippen LogP contribution in [0.5, 0.6) is 0 Å². The van der Waals surface area contributed by atoms with Crippen molar-refractivity contribution >= 4 is 29.3 Å². The van der Waals surface area contributed by atoms with Gasteiger partial charge in [-0.05, 0) is 46.9 Å². The molecule has 0 fully saturated rings. The monoisotopic (exact) mass is 437 g/mol. The Hall–Kier alpha value is -3.86. The molecule has 0 aromatic heterocycles. The van der Waals surface area contributed by atoms with Gasteiger partial charge < -0.3 is 15.1 Å². The summed E-state index contributed by atoms with van der Waals surface area (Å²) in [5.41, 5.74) is 6.58. The minimum Gasteiger partial charge on any atom is -0.365 e. The summed E-state index contributed by atoms with van der Waals surface area (Å²) < 4.78 is 0. The zero-order valence-electron chi connectivity index (χ0n) is 18.7. The van der Waals surface area contributed by atoms with Gasteiger partial charge in [0, 0.05) is 26.2 Å². The molecule has 33 heavy (non-hydrogen) atoms. The summed E-state index contributed by atoms with van der Waals surface area (Å²) in [4.78, 5) is 29.4. The first-order valence-corrected chi connectivity index (χ1v) is 11.4. The largest absolute Gasteiger partial charge is 0.365 e. The maximum absolute atomic E-state index is 13.2. The Morgan fingerprint density at radius 3 is 2.52 bits per heavy atom. The number of rotatable bonds is 4. The summed E-state index contributed by atoms with van der Waals surface area (Å²) >= 11 is 0. The van der Waals surface area contributed by atoms with Gasteiger partial charge in [-0.1, -0.05) is 60.7 Å². The van der Waals surface area contributed by atoms with Crippen molar-refractivity contribution in [3.63, 3.8) is 0 Å². The lowest BCUT2D eigenvalue weighted by Gasteiger charge is -2.33. The second kappa shape index (κ2) is 8.94. The van der Waals surface area contributed by atoms with Gasteiger partial charge in [0.25, 0.3) is 0 Å². The number of benzene rings is 3. The van der Waals surface area contributed by atoms with E-state index >= 15 is 0 Å². The predicted octanol–water partition coefficient (Wildman–Crippen LogP) is 5.15. The molecule has 5 nitrogen and oxygen atoms in total. The van der Waals surface area contributed by atoms with E-state index in [1.165, 1.54) is 18.1 Å². The summed E-state index contributed by atoms with van der Waals surface area (Å²) in [6.45, 7) is 3.26. The Bertz CT molecular complexity index is 1230. The number of carbonyl (C=O) groups excluding carboxylic acids is 2. The van der Waals surface area contributed by atoms with E-state index in [0.717, 1.165) is 42.0 Å². The third kappa shape index (κ3) is 4.27. The minimum atomic E-state index is -0.322. The fourth-order valence-electron chi connectivity index (χ4n) is 4.85. The van der Waals surface area contributed by atoms with E-state index in [-0.39, 0.29) is 24.3 Å². The van der Waals surface area contributed by atoms with Gasteiger partial charge in [-0.3, -0.25) is 9.59 Å². The Morgan fingerprint density at radius 1 is 0.939 bits per heavy atom. The number of anilines is 2. The van der Waals surface area contributed by atoms with Crippen LogP contribution in [0.25, 0.3) is 6.08 Å². The Labute approximate surface area is 194 Å². The van der Waals surface area contributed by atoms with Crippen LogP contribution < -0.4 is 10.2 Å². The quantitative estimate of drug-likeness (QED) is 0.614. The molecule has 2 aliphatic heterocycles. The average molecular weight is 438 g/mol. The van der Waals surface area contributed by atoms with E-state index in [9.17, 15) is 9.59 Å². The fraction of sp³-hybridized carbons (Fsp3) is 0.214. The lowest BCUT2D eigenvalue weighted by atomic mass is 9.93. The normalized spacial score (nSPS) is 16.7. The van der Waals surface area contributed by atoms with Crippen LogP contribution in [-0.2, 0) is 22.6 Å². The molecule has 2 heterocycles. The van der Waals surface area contributed by atoms with Crippen molar-refractivity contribution in [3.05, 3.63) is 101 Å². The van der Waals surface area contributed by atoms with E-state index in [1.807, 2.05) is 48.5 Å². The Balaban J connectivity index is 1.36. The lowest BCUT2D eigenvalue weighted by molar-refractivity contribution is -0.129. The van der Waals surface area contributed by atoms with Crippen LogP contribution in [0.1, 0.15) is 41.6 Å². The van der Waals surface area contributed by atoms with Crippen LogP contribution in [-0.4, -0.2) is 23.3 Å². The highest BCUT2D eigenvalue weighted by Gasteiger charge is 2.28. The first kappa shape index (κ1) is 21.0. The van der Waals surface area contributed by atoms with Crippen LogP contribution in [0, 0.1) is 0 Å². The van der Waals surface area contributed by atoms with Gasteiger partial charge in [-0.2, -0.15) is 0 Å². The lowest BCUT2D eigenvalue weighted by Crippen LogP contribution is -2.34. The molecule has 0 aliphatic carbocycles. The third-order valence-corrected chi connectivity index (χ3v) is 6.50. The van der Waals surface area contributed by atoms with E-state index in [4.69, 9.17) is 0 Å². The van der Waals surface area contributed by atoms with E-state index in [2.05, 4.69) is 40.5 Å². The SMILES string of the molecule is CC(=O)N1C=Cc2ccccc2C1CC(=O)Nc1ccccc1N1CCc2ccccc2C1. The van der Waals surface area contributed by atoms with Crippen LogP contribution in [0.2, 0.25) is 0 Å². The number of nitrogens with one attached hydrogen (secondary N) is 1. The number of nitrogens with zero attached hydrogens (tertiary/aromatic N) is 2. The molecule has 0 bridgehead atoms. The summed E-state index contributed by atoms with van der Waals surface area (Å²) in [5, 5.41) is 3.13. The number of carbonyl (C=O) groups is 2. The number of hydrogen-bond donors (Lipinski definition) is 1. The van der Waals surface area contributed by atoms with Crippen molar-refractivity contribution in [2.45, 2.75) is 32.4 Å². The predicted molar refractivity (Wildman–Crippen MR) is 132 cm³/mol. The zero-order valence-corrected chi connectivity index (χ0v) is 18.7. The molecule has 1 N–H and O–H groups in total. The summed E-state index contributed by atoms with van der Waals surface area (Å²) in [6, 6.07) is 24.1. The van der Waals surface area contributed by atoms with Gasteiger partial charge in [0.15, 0.2) is 0 Å². The van der Waals surface area contributed by atoms with Crippen molar-refractivity contribution in [3.8, 4) is 0 Å². The molecule has 0 spiro atoms. The minimum absolute atomic E-state index is 0.0778. The Morgan fingerprint density at radius 2 is 1.67 bits per heavy atom. The standard InChI is InChI=1S/C28H27N3O2/c1-20(32)31-17-15-22-9-4-5-11-24(22)27(31)18-28(33)29-25-12-6-7-13-26(25)30-16-14-21-8-2-3-10-23(21)19-30/h2-13,15,17,27H,14,16,18-19H2,1H3,(H,29,33). The molecule has 0 radical (unpaired) electrons. The number of hydrogen-bond acceptors (Lipinski definition) is 3. The van der Waals surface area contributed by atoms with Gasteiger partial charge >= 0.3 is 0 Å². The van der Waals surface area contributed by atoms with Gasteiger partial charge in [0.2, 0.25) is 11.8 Å². The molecular formula is C28H27N3O2. The first-order valence-electron chi connectivity index (χ1n) is 11.4. The maximum atomic E-state index is 13.2. The summed E-state index contributed by atoms with van der Waals surface area (Å²) in [5.74, 6) is -0.188. The molecule has 2 amide bonds. The van der Waals surface area contributed by atoms with Crippen molar-refractivity contribution in [2.75, 3.05) is 16.8 Å². The van der Waals surface area contributed by atoms with Gasteiger partial charge in [-0.15, -0.1) is 0 Å². The molecule has 3 aromatic carbocycles. The molecule has 5 heteroatoms. The van der Waals surface area contributed by atoms with E-state index in [1.54, 1.807) is 11.1 Å². The first-order chi connectivity index (χ1) is 16.1. The van der Waals surface area contributed by atoms with Crippen LogP contribution in [0.4, 0.5) is 11.4 Å². The molecule has 2 aliphatic rings. The molecule has 1 atom stereocenters. The molecule has 0 saturated carbocycles. The van der Waals surface area contributed by atoms with Crippen LogP contribution in [0.3, 0.4) is 0 Å². The third-order valence-electron chi connectivity index (χ3n) is 6.50. The van der Waals surface area contributed by atoms with Crippen molar-refractivity contribution in [1.29, 1.82) is 0 Å². The summed E-state index contributed by atoms with van der Waals surface area (Å²) in [7, 11) is 0. The highest BCUT2D eigenvalue weighted by Crippen LogP contribution is 2.34. The second-order valence-electron chi connectivity index (χ2n) is 8.60. The number of para-hydroxylation sites is 2. The zero-order chi connectivity index (χ0) is 22.8. The van der Waals surface area contributed by atoms with Gasteiger partial charge in [0.1, 0.15) is 0 Å².